The summed E-state index contributed by atoms with van der Waals surface area (Å²) >= 11 is 1.52. The third kappa shape index (κ3) is 3.36. The van der Waals surface area contributed by atoms with Gasteiger partial charge in [0.05, 0.1) is 5.01 Å². The van der Waals surface area contributed by atoms with Gasteiger partial charge in [-0.2, -0.15) is 0 Å². The molecule has 0 unspecified atom stereocenters. The summed E-state index contributed by atoms with van der Waals surface area (Å²) in [6.07, 6.45) is 3.73. The number of carbonyl (C=O) groups excluding carboxylic acids is 1. The van der Waals surface area contributed by atoms with E-state index in [4.69, 9.17) is 5.73 Å². The van der Waals surface area contributed by atoms with Gasteiger partial charge >= 0.3 is 0 Å². The van der Waals surface area contributed by atoms with Gasteiger partial charge in [-0.25, -0.2) is 4.98 Å². The number of nitrogens with one attached hydrogen (secondary N) is 1. The van der Waals surface area contributed by atoms with Gasteiger partial charge in [-0.15, -0.1) is 11.3 Å². The Morgan fingerprint density at radius 3 is 2.82 bits per heavy atom. The van der Waals surface area contributed by atoms with Crippen LogP contribution in [-0.4, -0.2) is 16.9 Å². The van der Waals surface area contributed by atoms with Gasteiger partial charge in [0, 0.05) is 18.0 Å². The highest BCUT2D eigenvalue weighted by molar-refractivity contribution is 7.16. The Labute approximate surface area is 134 Å². The van der Waals surface area contributed by atoms with Gasteiger partial charge in [0.15, 0.2) is 0 Å². The lowest BCUT2D eigenvalue weighted by Crippen LogP contribution is -2.28. The average Bonchev–Trinajstić information content (AvgIpc) is 3.06. The smallest absolute Gasteiger partial charge is 0.225 e. The van der Waals surface area contributed by atoms with Gasteiger partial charge in [-0.1, -0.05) is 36.8 Å². The number of hydrogen-bond acceptors (Lipinski definition) is 4. The molecule has 1 aliphatic rings. The molecule has 116 valence electrons. The molecule has 0 bridgehead atoms. The summed E-state index contributed by atoms with van der Waals surface area (Å²) in [5.41, 5.74) is 7.94. The van der Waals surface area contributed by atoms with E-state index in [9.17, 15) is 4.79 Å². The number of aromatic nitrogens is 1. The second kappa shape index (κ2) is 6.58. The first-order valence-corrected chi connectivity index (χ1v) is 8.53. The Morgan fingerprint density at radius 1 is 1.36 bits per heavy atom. The van der Waals surface area contributed by atoms with Crippen LogP contribution in [0.1, 0.15) is 30.7 Å². The Balaban J connectivity index is 1.74. The van der Waals surface area contributed by atoms with Gasteiger partial charge in [-0.05, 0) is 25.7 Å². The first-order chi connectivity index (χ1) is 10.6. The summed E-state index contributed by atoms with van der Waals surface area (Å²) in [6.45, 7) is 1.96. The van der Waals surface area contributed by atoms with Crippen molar-refractivity contribution in [3.8, 4) is 11.3 Å². The third-order valence-electron chi connectivity index (χ3n) is 4.20. The fourth-order valence-electron chi connectivity index (χ4n) is 3.04. The van der Waals surface area contributed by atoms with E-state index in [-0.39, 0.29) is 11.9 Å². The molecular formula is C17H21N3OS. The van der Waals surface area contributed by atoms with Crippen molar-refractivity contribution in [1.29, 1.82) is 0 Å². The van der Waals surface area contributed by atoms with Crippen LogP contribution in [0, 0.1) is 12.8 Å². The Bertz CT molecular complexity index is 653. The van der Waals surface area contributed by atoms with Crippen LogP contribution in [0.15, 0.2) is 30.3 Å². The predicted molar refractivity (Wildman–Crippen MR) is 90.9 cm³/mol. The van der Waals surface area contributed by atoms with Crippen LogP contribution >= 0.6 is 11.3 Å². The van der Waals surface area contributed by atoms with Crippen LogP contribution in [0.4, 0.5) is 5.00 Å². The summed E-state index contributed by atoms with van der Waals surface area (Å²) in [7, 11) is 0. The van der Waals surface area contributed by atoms with Crippen LogP contribution in [0.3, 0.4) is 0 Å². The first-order valence-electron chi connectivity index (χ1n) is 7.72. The maximum Gasteiger partial charge on any atom is 0.225 e. The Hall–Kier alpha value is -1.72. The number of nitrogens with two attached hydrogens (primary N) is 1. The zero-order valence-electron chi connectivity index (χ0n) is 12.7. The van der Waals surface area contributed by atoms with E-state index in [1.165, 1.54) is 11.3 Å². The SMILES string of the molecule is Cc1nc(-c2ccccc2)c(NC(=O)C[C@@H]2CCC[C@H]2N)s1. The lowest BCUT2D eigenvalue weighted by atomic mass is 10.00. The molecule has 22 heavy (non-hydrogen) atoms. The van der Waals surface area contributed by atoms with E-state index in [0.29, 0.717) is 12.3 Å². The molecule has 2 atom stereocenters. The Morgan fingerprint density at radius 2 is 2.14 bits per heavy atom. The fourth-order valence-corrected chi connectivity index (χ4v) is 3.90. The van der Waals surface area contributed by atoms with Crippen LogP contribution in [-0.2, 0) is 4.79 Å². The number of benzene rings is 1. The van der Waals surface area contributed by atoms with Gasteiger partial charge in [0.2, 0.25) is 5.91 Å². The van der Waals surface area contributed by atoms with Gasteiger partial charge in [0.1, 0.15) is 10.7 Å². The van der Waals surface area contributed by atoms with Crippen molar-refractivity contribution in [2.45, 2.75) is 38.6 Å². The number of carbonyl (C=O) groups is 1. The highest BCUT2D eigenvalue weighted by atomic mass is 32.1. The minimum absolute atomic E-state index is 0.0446. The molecule has 1 amide bonds. The van der Waals surface area contributed by atoms with Gasteiger partial charge in [0.25, 0.3) is 0 Å². The van der Waals surface area contributed by atoms with E-state index < -0.39 is 0 Å². The maximum atomic E-state index is 12.3. The lowest BCUT2D eigenvalue weighted by Gasteiger charge is -2.14. The van der Waals surface area contributed by atoms with Crippen molar-refractivity contribution < 1.29 is 4.79 Å². The molecule has 3 rings (SSSR count). The zero-order valence-corrected chi connectivity index (χ0v) is 13.5. The number of anilines is 1. The lowest BCUT2D eigenvalue weighted by molar-refractivity contribution is -0.117. The minimum atomic E-state index is 0.0446. The molecule has 1 aliphatic carbocycles. The van der Waals surface area contributed by atoms with Crippen LogP contribution in [0.25, 0.3) is 11.3 Å². The topological polar surface area (TPSA) is 68.0 Å². The summed E-state index contributed by atoms with van der Waals surface area (Å²) in [4.78, 5) is 16.9. The molecule has 1 fully saturated rings. The number of thiazole rings is 1. The summed E-state index contributed by atoms with van der Waals surface area (Å²) in [5.74, 6) is 0.359. The summed E-state index contributed by atoms with van der Waals surface area (Å²) < 4.78 is 0. The van der Waals surface area contributed by atoms with Crippen LogP contribution in [0.5, 0.6) is 0 Å². The molecule has 1 aromatic heterocycles. The van der Waals surface area contributed by atoms with E-state index in [0.717, 1.165) is 40.5 Å². The Kier molecular flexibility index (Phi) is 4.55. The molecule has 3 N–H and O–H groups in total. The molecule has 0 spiro atoms. The molecule has 1 aromatic carbocycles. The number of rotatable bonds is 4. The highest BCUT2D eigenvalue weighted by Gasteiger charge is 2.26. The number of hydrogen-bond donors (Lipinski definition) is 2. The maximum absolute atomic E-state index is 12.3. The molecule has 4 nitrogen and oxygen atoms in total. The third-order valence-corrected chi connectivity index (χ3v) is 5.09. The molecular weight excluding hydrogens is 294 g/mol. The van der Waals surface area contributed by atoms with E-state index in [2.05, 4.69) is 10.3 Å². The number of amides is 1. The van der Waals surface area contributed by atoms with E-state index >= 15 is 0 Å². The second-order valence-electron chi connectivity index (χ2n) is 5.88. The van der Waals surface area contributed by atoms with Crippen molar-refractivity contribution in [3.63, 3.8) is 0 Å². The van der Waals surface area contributed by atoms with Crippen molar-refractivity contribution in [2.24, 2.45) is 11.7 Å². The van der Waals surface area contributed by atoms with Crippen molar-refractivity contribution in [2.75, 3.05) is 5.32 Å². The quantitative estimate of drug-likeness (QED) is 0.906. The zero-order chi connectivity index (χ0) is 15.5. The summed E-state index contributed by atoms with van der Waals surface area (Å²) in [6, 6.07) is 10.1. The molecule has 2 aromatic rings. The van der Waals surface area contributed by atoms with Crippen molar-refractivity contribution in [1.82, 2.24) is 4.98 Å². The van der Waals surface area contributed by atoms with Crippen LogP contribution < -0.4 is 11.1 Å². The number of nitrogens with zero attached hydrogens (tertiary/aromatic N) is 1. The normalized spacial score (nSPS) is 21.0. The molecule has 0 saturated heterocycles. The van der Waals surface area contributed by atoms with Crippen LogP contribution in [0.2, 0.25) is 0 Å². The molecule has 5 heteroatoms. The molecule has 0 radical (unpaired) electrons. The molecule has 1 saturated carbocycles. The van der Waals surface area contributed by atoms with Crippen molar-refractivity contribution in [3.05, 3.63) is 35.3 Å². The predicted octanol–water partition coefficient (Wildman–Crippen LogP) is 3.57. The standard InChI is InChI=1S/C17H21N3OS/c1-11-19-16(12-6-3-2-4-7-12)17(22-11)20-15(21)10-13-8-5-9-14(13)18/h2-4,6-7,13-14H,5,8-10,18H2,1H3,(H,20,21)/t13-,14+/m0/s1. The highest BCUT2D eigenvalue weighted by Crippen LogP contribution is 2.33. The monoisotopic (exact) mass is 315 g/mol. The summed E-state index contributed by atoms with van der Waals surface area (Å²) in [5, 5.41) is 4.82. The average molecular weight is 315 g/mol. The first kappa shape index (κ1) is 15.2. The largest absolute Gasteiger partial charge is 0.327 e. The minimum Gasteiger partial charge on any atom is -0.327 e. The van der Waals surface area contributed by atoms with Gasteiger partial charge < -0.3 is 11.1 Å². The molecule has 1 heterocycles. The van der Waals surface area contributed by atoms with Crippen molar-refractivity contribution >= 4 is 22.2 Å². The van der Waals surface area contributed by atoms with E-state index in [1.807, 2.05) is 37.3 Å². The van der Waals surface area contributed by atoms with E-state index in [1.54, 1.807) is 0 Å². The fraction of sp³-hybridized carbons (Fsp3) is 0.412. The number of aryl methyl sites for hydroxylation is 1. The molecule has 0 aliphatic heterocycles. The second-order valence-corrected chi connectivity index (χ2v) is 7.09. The van der Waals surface area contributed by atoms with Gasteiger partial charge in [-0.3, -0.25) is 4.79 Å².